The lowest BCUT2D eigenvalue weighted by Gasteiger charge is -2.27. The van der Waals surface area contributed by atoms with Gasteiger partial charge < -0.3 is 35.6 Å². The summed E-state index contributed by atoms with van der Waals surface area (Å²) in [5.41, 5.74) is 2.00. The Morgan fingerprint density at radius 1 is 1.12 bits per heavy atom. The summed E-state index contributed by atoms with van der Waals surface area (Å²) in [6, 6.07) is 7.19. The highest BCUT2D eigenvalue weighted by atomic mass is 16.5. The predicted molar refractivity (Wildman–Crippen MR) is 148 cm³/mol. The minimum absolute atomic E-state index is 0.0246. The van der Waals surface area contributed by atoms with E-state index in [2.05, 4.69) is 25.8 Å². The third-order valence-corrected chi connectivity index (χ3v) is 6.97. The number of aliphatic carboxylic acids is 1. The van der Waals surface area contributed by atoms with Crippen LogP contribution in [0.25, 0.3) is 0 Å². The molecule has 0 bridgehead atoms. The Hall–Kier alpha value is -4.19. The lowest BCUT2D eigenvalue weighted by molar-refractivity contribution is -0.140. The second-order valence-corrected chi connectivity index (χ2v) is 9.79. The van der Waals surface area contributed by atoms with Crippen LogP contribution in [0, 0.1) is 0 Å². The normalized spacial score (nSPS) is 18.0. The van der Waals surface area contributed by atoms with E-state index in [9.17, 15) is 24.3 Å². The number of aromatic nitrogens is 1. The first-order valence-corrected chi connectivity index (χ1v) is 13.6. The quantitative estimate of drug-likeness (QED) is 0.370. The maximum Gasteiger partial charge on any atom is 0.319 e. The van der Waals surface area contributed by atoms with E-state index < -0.39 is 23.9 Å². The van der Waals surface area contributed by atoms with Crippen molar-refractivity contribution in [1.82, 2.24) is 20.5 Å². The number of rotatable bonds is 9. The van der Waals surface area contributed by atoms with Crippen molar-refractivity contribution < 1.29 is 29.0 Å². The molecule has 40 heavy (non-hydrogen) atoms. The van der Waals surface area contributed by atoms with Crippen LogP contribution in [0.4, 0.5) is 16.2 Å². The molecule has 2 aromatic rings. The average Bonchev–Trinajstić information content (AvgIpc) is 3.38. The van der Waals surface area contributed by atoms with Crippen LogP contribution in [-0.2, 0) is 14.3 Å². The van der Waals surface area contributed by atoms with E-state index in [1.54, 1.807) is 43.5 Å². The van der Waals surface area contributed by atoms with Crippen LogP contribution in [0.5, 0.6) is 0 Å². The van der Waals surface area contributed by atoms with Gasteiger partial charge in [-0.1, -0.05) is 6.07 Å². The molecular formula is C28H36N6O6. The SMILES string of the molecule is CCNC(=O)Nc1cc(C(=O)NC(CC(=O)O)c2cccnc2)ccc1N1CCCN(C(=O)C2CCCO2)CC1. The summed E-state index contributed by atoms with van der Waals surface area (Å²) in [7, 11) is 0. The number of hydrogen-bond donors (Lipinski definition) is 4. The van der Waals surface area contributed by atoms with Crippen molar-refractivity contribution in [2.24, 2.45) is 0 Å². The maximum absolute atomic E-state index is 13.2. The second kappa shape index (κ2) is 13.7. The zero-order chi connectivity index (χ0) is 28.5. The first-order valence-electron chi connectivity index (χ1n) is 13.6. The topological polar surface area (TPSA) is 153 Å². The van der Waals surface area contributed by atoms with E-state index in [4.69, 9.17) is 4.74 Å². The molecule has 0 aliphatic carbocycles. The van der Waals surface area contributed by atoms with Gasteiger partial charge in [-0.2, -0.15) is 0 Å². The van der Waals surface area contributed by atoms with E-state index in [0.29, 0.717) is 50.6 Å². The van der Waals surface area contributed by atoms with Crippen LogP contribution in [0.3, 0.4) is 0 Å². The molecule has 12 nitrogen and oxygen atoms in total. The molecule has 2 saturated heterocycles. The number of nitrogens with one attached hydrogen (secondary N) is 3. The summed E-state index contributed by atoms with van der Waals surface area (Å²) in [6.07, 6.45) is 4.79. The molecule has 2 aliphatic heterocycles. The second-order valence-electron chi connectivity index (χ2n) is 9.79. The molecule has 4 amide bonds. The number of hydrogen-bond acceptors (Lipinski definition) is 7. The summed E-state index contributed by atoms with van der Waals surface area (Å²) in [6.45, 7) is 5.19. The van der Waals surface area contributed by atoms with Crippen molar-refractivity contribution >= 4 is 35.2 Å². The van der Waals surface area contributed by atoms with E-state index >= 15 is 0 Å². The highest BCUT2D eigenvalue weighted by Crippen LogP contribution is 2.29. The lowest BCUT2D eigenvalue weighted by atomic mass is 10.0. The summed E-state index contributed by atoms with van der Waals surface area (Å²) >= 11 is 0. The molecule has 2 unspecified atom stereocenters. The van der Waals surface area contributed by atoms with Gasteiger partial charge in [-0.05, 0) is 56.0 Å². The van der Waals surface area contributed by atoms with Crippen molar-refractivity contribution in [2.75, 3.05) is 49.5 Å². The van der Waals surface area contributed by atoms with Crippen molar-refractivity contribution in [3.05, 3.63) is 53.9 Å². The first kappa shape index (κ1) is 28.8. The Balaban J connectivity index is 1.53. The highest BCUT2D eigenvalue weighted by molar-refractivity contribution is 6.00. The van der Waals surface area contributed by atoms with Crippen molar-refractivity contribution in [1.29, 1.82) is 0 Å². The van der Waals surface area contributed by atoms with Crippen molar-refractivity contribution in [2.45, 2.75) is 44.8 Å². The lowest BCUT2D eigenvalue weighted by Crippen LogP contribution is -2.41. The standard InChI is InChI=1S/C28H36N6O6/c1-2-30-28(39)32-22-16-19(26(37)31-21(17-25(35)36)20-6-3-10-29-18-20)8-9-23(22)33-11-5-12-34(14-13-33)27(38)24-7-4-15-40-24/h3,6,8-10,16,18,21,24H,2,4-5,7,11-15,17H2,1H3,(H,31,37)(H,35,36)(H2,30,32,39). The number of carbonyl (C=O) groups excluding carboxylic acids is 3. The number of anilines is 2. The summed E-state index contributed by atoms with van der Waals surface area (Å²) in [5, 5.41) is 17.7. The third-order valence-electron chi connectivity index (χ3n) is 6.97. The summed E-state index contributed by atoms with van der Waals surface area (Å²) in [5.74, 6) is -1.52. The minimum Gasteiger partial charge on any atom is -0.481 e. The Morgan fingerprint density at radius 3 is 2.67 bits per heavy atom. The van der Waals surface area contributed by atoms with Crippen LogP contribution >= 0.6 is 0 Å². The Morgan fingerprint density at radius 2 is 1.98 bits per heavy atom. The zero-order valence-electron chi connectivity index (χ0n) is 22.6. The number of ether oxygens (including phenoxy) is 1. The van der Waals surface area contributed by atoms with E-state index in [1.165, 1.54) is 6.20 Å². The van der Waals surface area contributed by atoms with Crippen LogP contribution in [0.15, 0.2) is 42.7 Å². The molecule has 4 N–H and O–H groups in total. The van der Waals surface area contributed by atoms with E-state index in [1.807, 2.05) is 4.90 Å². The molecule has 12 heteroatoms. The Labute approximate surface area is 233 Å². The first-order chi connectivity index (χ1) is 19.4. The van der Waals surface area contributed by atoms with Crippen LogP contribution in [0.2, 0.25) is 0 Å². The monoisotopic (exact) mass is 552 g/mol. The average molecular weight is 553 g/mol. The van der Waals surface area contributed by atoms with Gasteiger partial charge in [0.05, 0.1) is 23.8 Å². The highest BCUT2D eigenvalue weighted by Gasteiger charge is 2.30. The molecule has 0 spiro atoms. The fourth-order valence-electron chi connectivity index (χ4n) is 4.99. The fraction of sp³-hybridized carbons (Fsp3) is 0.464. The Kier molecular flexibility index (Phi) is 9.90. The molecule has 3 heterocycles. The summed E-state index contributed by atoms with van der Waals surface area (Å²) in [4.78, 5) is 58.0. The molecule has 2 fully saturated rings. The third kappa shape index (κ3) is 7.47. The van der Waals surface area contributed by atoms with Crippen LogP contribution in [-0.4, -0.2) is 84.2 Å². The molecule has 2 aliphatic rings. The fourth-order valence-corrected chi connectivity index (χ4v) is 4.99. The van der Waals surface area contributed by atoms with Crippen LogP contribution in [0.1, 0.15) is 54.6 Å². The molecule has 1 aromatic carbocycles. The number of benzene rings is 1. The number of carboxylic acids is 1. The minimum atomic E-state index is -1.06. The molecule has 1 aromatic heterocycles. The molecule has 2 atom stereocenters. The molecule has 4 rings (SSSR count). The van der Waals surface area contributed by atoms with Gasteiger partial charge in [0, 0.05) is 57.3 Å². The number of nitrogens with zero attached hydrogens (tertiary/aromatic N) is 3. The maximum atomic E-state index is 13.2. The number of amides is 4. The van der Waals surface area contributed by atoms with Gasteiger partial charge >= 0.3 is 12.0 Å². The molecular weight excluding hydrogens is 516 g/mol. The number of carbonyl (C=O) groups is 4. The molecule has 214 valence electrons. The van der Waals surface area contributed by atoms with Crippen molar-refractivity contribution in [3.63, 3.8) is 0 Å². The number of carboxylic acid groups (broad SMARTS) is 1. The largest absolute Gasteiger partial charge is 0.481 e. The van der Waals surface area contributed by atoms with Gasteiger partial charge in [0.25, 0.3) is 11.8 Å². The van der Waals surface area contributed by atoms with Gasteiger partial charge in [0.2, 0.25) is 0 Å². The van der Waals surface area contributed by atoms with Crippen molar-refractivity contribution in [3.8, 4) is 0 Å². The number of pyridine rings is 1. The smallest absolute Gasteiger partial charge is 0.319 e. The molecule has 0 radical (unpaired) electrons. The number of urea groups is 1. The van der Waals surface area contributed by atoms with Gasteiger partial charge in [0.15, 0.2) is 0 Å². The zero-order valence-corrected chi connectivity index (χ0v) is 22.6. The molecule has 0 saturated carbocycles. The van der Waals surface area contributed by atoms with E-state index in [-0.39, 0.29) is 24.0 Å². The predicted octanol–water partition coefficient (Wildman–Crippen LogP) is 2.39. The summed E-state index contributed by atoms with van der Waals surface area (Å²) < 4.78 is 5.59. The van der Waals surface area contributed by atoms with Gasteiger partial charge in [0.1, 0.15) is 6.10 Å². The van der Waals surface area contributed by atoms with E-state index in [0.717, 1.165) is 24.9 Å². The Bertz CT molecular complexity index is 1200. The van der Waals surface area contributed by atoms with Gasteiger partial charge in [-0.15, -0.1) is 0 Å². The van der Waals surface area contributed by atoms with Crippen LogP contribution < -0.4 is 20.9 Å². The van der Waals surface area contributed by atoms with Gasteiger partial charge in [-0.25, -0.2) is 4.79 Å². The van der Waals surface area contributed by atoms with Gasteiger partial charge in [-0.3, -0.25) is 19.4 Å².